The second-order valence-electron chi connectivity index (χ2n) is 6.18. The molecule has 24 heavy (non-hydrogen) atoms. The number of aromatic nitrogens is 3. The standard InChI is InChI=1S/C16H18N6O2/c1-11-2-3-14(21-9-18-19-10-21)13(6-11)15(23)20-7-12(8-20)22-5-4-17-16(22)24/h2-3,6,9-10,12H,4-5,7-8H2,1H3,(H,17,24). The molecule has 2 fully saturated rings. The van der Waals surface area contributed by atoms with Gasteiger partial charge in [-0.15, -0.1) is 10.2 Å². The fourth-order valence-corrected chi connectivity index (χ4v) is 3.19. The van der Waals surface area contributed by atoms with E-state index in [-0.39, 0.29) is 18.0 Å². The van der Waals surface area contributed by atoms with E-state index in [9.17, 15) is 9.59 Å². The highest BCUT2D eigenvalue weighted by atomic mass is 16.2. The fraction of sp³-hybridized carbons (Fsp3) is 0.375. The van der Waals surface area contributed by atoms with Gasteiger partial charge in [0.05, 0.1) is 17.3 Å². The van der Waals surface area contributed by atoms with E-state index in [0.717, 1.165) is 11.3 Å². The maximum absolute atomic E-state index is 12.9. The van der Waals surface area contributed by atoms with Gasteiger partial charge in [0, 0.05) is 26.2 Å². The van der Waals surface area contributed by atoms with E-state index in [1.807, 2.05) is 25.1 Å². The Morgan fingerprint density at radius 3 is 2.67 bits per heavy atom. The molecule has 2 aliphatic heterocycles. The van der Waals surface area contributed by atoms with E-state index >= 15 is 0 Å². The van der Waals surface area contributed by atoms with Crippen LogP contribution in [0.1, 0.15) is 15.9 Å². The van der Waals surface area contributed by atoms with Gasteiger partial charge in [-0.2, -0.15) is 0 Å². The van der Waals surface area contributed by atoms with Crippen molar-refractivity contribution < 1.29 is 9.59 Å². The molecule has 8 nitrogen and oxygen atoms in total. The molecule has 0 aliphatic carbocycles. The number of benzene rings is 1. The summed E-state index contributed by atoms with van der Waals surface area (Å²) in [6, 6.07) is 5.82. The third-order valence-corrected chi connectivity index (χ3v) is 4.56. The van der Waals surface area contributed by atoms with Gasteiger partial charge in [-0.3, -0.25) is 9.36 Å². The summed E-state index contributed by atoms with van der Waals surface area (Å²) in [7, 11) is 0. The predicted molar refractivity (Wildman–Crippen MR) is 85.9 cm³/mol. The molecule has 2 aliphatic rings. The average molecular weight is 326 g/mol. The highest BCUT2D eigenvalue weighted by molar-refractivity contribution is 5.98. The van der Waals surface area contributed by atoms with Crippen LogP contribution < -0.4 is 5.32 Å². The lowest BCUT2D eigenvalue weighted by atomic mass is 10.0. The zero-order chi connectivity index (χ0) is 16.7. The minimum Gasteiger partial charge on any atom is -0.336 e. The van der Waals surface area contributed by atoms with Gasteiger partial charge < -0.3 is 15.1 Å². The van der Waals surface area contributed by atoms with E-state index in [1.54, 1.807) is 27.0 Å². The molecule has 1 N–H and O–H groups in total. The van der Waals surface area contributed by atoms with Gasteiger partial charge in [-0.25, -0.2) is 4.79 Å². The van der Waals surface area contributed by atoms with Gasteiger partial charge in [-0.05, 0) is 19.1 Å². The van der Waals surface area contributed by atoms with Gasteiger partial charge >= 0.3 is 6.03 Å². The van der Waals surface area contributed by atoms with Crippen molar-refractivity contribution in [2.24, 2.45) is 0 Å². The first-order valence-electron chi connectivity index (χ1n) is 7.93. The first-order valence-corrected chi connectivity index (χ1v) is 7.93. The number of likely N-dealkylation sites (tertiary alicyclic amines) is 1. The Kier molecular flexibility index (Phi) is 3.44. The molecular formula is C16H18N6O2. The smallest absolute Gasteiger partial charge is 0.317 e. The third kappa shape index (κ3) is 2.40. The molecule has 2 saturated heterocycles. The molecular weight excluding hydrogens is 308 g/mol. The molecule has 0 unspecified atom stereocenters. The van der Waals surface area contributed by atoms with Crippen molar-refractivity contribution in [2.45, 2.75) is 13.0 Å². The van der Waals surface area contributed by atoms with Gasteiger partial charge in [-0.1, -0.05) is 11.6 Å². The fourth-order valence-electron chi connectivity index (χ4n) is 3.19. The lowest BCUT2D eigenvalue weighted by Gasteiger charge is -2.43. The molecule has 0 radical (unpaired) electrons. The van der Waals surface area contributed by atoms with Crippen molar-refractivity contribution in [1.29, 1.82) is 0 Å². The highest BCUT2D eigenvalue weighted by Gasteiger charge is 2.39. The SMILES string of the molecule is Cc1ccc(-n2cnnc2)c(C(=O)N2CC(N3CCNC3=O)C2)c1. The Labute approximate surface area is 139 Å². The Bertz CT molecular complexity index is 782. The van der Waals surface area contributed by atoms with Gasteiger partial charge in [0.15, 0.2) is 0 Å². The summed E-state index contributed by atoms with van der Waals surface area (Å²) in [5.74, 6) is -0.0294. The summed E-state index contributed by atoms with van der Waals surface area (Å²) < 4.78 is 1.73. The number of hydrogen-bond donors (Lipinski definition) is 1. The topological polar surface area (TPSA) is 83.4 Å². The number of rotatable bonds is 3. The van der Waals surface area contributed by atoms with Crippen LogP contribution in [-0.2, 0) is 0 Å². The van der Waals surface area contributed by atoms with Crippen LogP contribution >= 0.6 is 0 Å². The first-order chi connectivity index (χ1) is 11.6. The minimum atomic E-state index is -0.0344. The molecule has 4 rings (SSSR count). The van der Waals surface area contributed by atoms with E-state index in [2.05, 4.69) is 15.5 Å². The molecule has 0 saturated carbocycles. The van der Waals surface area contributed by atoms with Crippen LogP contribution in [0.15, 0.2) is 30.9 Å². The lowest BCUT2D eigenvalue weighted by Crippen LogP contribution is -2.61. The molecule has 1 aromatic heterocycles. The maximum Gasteiger partial charge on any atom is 0.317 e. The number of hydrogen-bond acceptors (Lipinski definition) is 4. The Hall–Kier alpha value is -2.90. The van der Waals surface area contributed by atoms with Crippen LogP contribution in [0.2, 0.25) is 0 Å². The van der Waals surface area contributed by atoms with Crippen LogP contribution in [0.4, 0.5) is 4.79 Å². The van der Waals surface area contributed by atoms with E-state index in [4.69, 9.17) is 0 Å². The predicted octanol–water partition coefficient (Wildman–Crippen LogP) is 0.425. The minimum absolute atomic E-state index is 0.0294. The molecule has 1 aromatic carbocycles. The molecule has 0 atom stereocenters. The number of urea groups is 1. The van der Waals surface area contributed by atoms with E-state index in [1.165, 1.54) is 0 Å². The Balaban J connectivity index is 1.53. The van der Waals surface area contributed by atoms with Crippen molar-refractivity contribution >= 4 is 11.9 Å². The average Bonchev–Trinajstić information content (AvgIpc) is 3.18. The number of nitrogens with zero attached hydrogens (tertiary/aromatic N) is 5. The van der Waals surface area contributed by atoms with Crippen LogP contribution in [0.3, 0.4) is 0 Å². The van der Waals surface area contributed by atoms with Crippen molar-refractivity contribution in [3.63, 3.8) is 0 Å². The van der Waals surface area contributed by atoms with Crippen LogP contribution in [0.5, 0.6) is 0 Å². The molecule has 124 valence electrons. The molecule has 0 bridgehead atoms. The van der Waals surface area contributed by atoms with Gasteiger partial charge in [0.2, 0.25) is 0 Å². The number of nitrogens with one attached hydrogen (secondary N) is 1. The number of carbonyl (C=O) groups excluding carboxylic acids is 2. The van der Waals surface area contributed by atoms with E-state index < -0.39 is 0 Å². The van der Waals surface area contributed by atoms with Crippen molar-refractivity contribution in [3.8, 4) is 5.69 Å². The molecule has 3 amide bonds. The number of amides is 3. The largest absolute Gasteiger partial charge is 0.336 e. The molecule has 2 aromatic rings. The molecule has 3 heterocycles. The maximum atomic E-state index is 12.9. The second kappa shape index (κ2) is 5.63. The number of aryl methyl sites for hydroxylation is 1. The van der Waals surface area contributed by atoms with Crippen molar-refractivity contribution in [3.05, 3.63) is 42.0 Å². The zero-order valence-electron chi connectivity index (χ0n) is 13.3. The summed E-state index contributed by atoms with van der Waals surface area (Å²) in [5, 5.41) is 10.4. The summed E-state index contributed by atoms with van der Waals surface area (Å²) >= 11 is 0. The van der Waals surface area contributed by atoms with Crippen LogP contribution in [-0.4, -0.2) is 68.7 Å². The number of carbonyl (C=O) groups is 2. The third-order valence-electron chi connectivity index (χ3n) is 4.56. The van der Waals surface area contributed by atoms with Crippen molar-refractivity contribution in [2.75, 3.05) is 26.2 Å². The van der Waals surface area contributed by atoms with E-state index in [0.29, 0.717) is 31.7 Å². The normalized spacial score (nSPS) is 17.8. The van der Waals surface area contributed by atoms with Crippen LogP contribution in [0, 0.1) is 6.92 Å². The molecule has 8 heteroatoms. The summed E-state index contributed by atoms with van der Waals surface area (Å²) in [4.78, 5) is 28.2. The lowest BCUT2D eigenvalue weighted by molar-refractivity contribution is 0.0407. The van der Waals surface area contributed by atoms with Crippen LogP contribution in [0.25, 0.3) is 5.69 Å². The summed E-state index contributed by atoms with van der Waals surface area (Å²) in [5.41, 5.74) is 2.41. The summed E-state index contributed by atoms with van der Waals surface area (Å²) in [6.07, 6.45) is 3.16. The summed E-state index contributed by atoms with van der Waals surface area (Å²) in [6.45, 7) is 4.49. The first kappa shape index (κ1) is 14.7. The monoisotopic (exact) mass is 326 g/mol. The highest BCUT2D eigenvalue weighted by Crippen LogP contribution is 2.23. The quantitative estimate of drug-likeness (QED) is 0.886. The second-order valence-corrected chi connectivity index (χ2v) is 6.18. The zero-order valence-corrected chi connectivity index (χ0v) is 13.3. The molecule has 0 spiro atoms. The Morgan fingerprint density at radius 1 is 1.25 bits per heavy atom. The van der Waals surface area contributed by atoms with Gasteiger partial charge in [0.25, 0.3) is 5.91 Å². The van der Waals surface area contributed by atoms with Gasteiger partial charge in [0.1, 0.15) is 12.7 Å². The Morgan fingerprint density at radius 2 is 2.00 bits per heavy atom. The van der Waals surface area contributed by atoms with Crippen molar-refractivity contribution in [1.82, 2.24) is 29.9 Å².